The van der Waals surface area contributed by atoms with Crippen LogP contribution in [0.3, 0.4) is 0 Å². The van der Waals surface area contributed by atoms with Crippen LogP contribution < -0.4 is 10.2 Å². The quantitative estimate of drug-likeness (QED) is 0.427. The molecule has 3 rings (SSSR count). The summed E-state index contributed by atoms with van der Waals surface area (Å²) < 4.78 is 46.8. The lowest BCUT2D eigenvalue weighted by Gasteiger charge is -2.45. The lowest BCUT2D eigenvalue weighted by atomic mass is 9.76. The number of benzene rings is 2. The van der Waals surface area contributed by atoms with Gasteiger partial charge in [0.25, 0.3) is 5.91 Å². The van der Waals surface area contributed by atoms with Crippen molar-refractivity contribution < 1.29 is 32.7 Å². The van der Waals surface area contributed by atoms with Gasteiger partial charge in [0.2, 0.25) is 10.0 Å². The van der Waals surface area contributed by atoms with Crippen LogP contribution in [0.15, 0.2) is 47.4 Å². The molecule has 2 unspecified atom stereocenters. The highest BCUT2D eigenvalue weighted by atomic mass is 35.5. The Morgan fingerprint density at radius 2 is 1.94 bits per heavy atom. The number of amides is 1. The zero-order valence-electron chi connectivity index (χ0n) is 17.5. The van der Waals surface area contributed by atoms with E-state index in [1.54, 1.807) is 13.8 Å². The fourth-order valence-electron chi connectivity index (χ4n) is 3.93. The predicted molar refractivity (Wildman–Crippen MR) is 114 cm³/mol. The number of carbonyl (C=O) groups is 1. The van der Waals surface area contributed by atoms with Gasteiger partial charge in [-0.15, -0.1) is 0 Å². The SMILES string of the molecule is CC1(C)CC(O)CN(S(=O)(=O)c2ccc(OCc3cc(Cl)ccc3F)cc2)C1C(=O)NO. The van der Waals surface area contributed by atoms with E-state index in [4.69, 9.17) is 21.5 Å². The molecule has 1 amide bonds. The number of β-amino-alcohol motifs (C(OH)–C–C–N with tert-alkyl or cyclic N) is 1. The molecule has 3 N–H and O–H groups in total. The highest BCUT2D eigenvalue weighted by Gasteiger charge is 2.50. The van der Waals surface area contributed by atoms with Crippen LogP contribution in [0.2, 0.25) is 5.02 Å². The van der Waals surface area contributed by atoms with Crippen molar-refractivity contribution in [1.82, 2.24) is 9.79 Å². The summed E-state index contributed by atoms with van der Waals surface area (Å²) in [4.78, 5) is 12.2. The predicted octanol–water partition coefficient (Wildman–Crippen LogP) is 2.71. The maximum atomic E-state index is 13.8. The van der Waals surface area contributed by atoms with E-state index in [-0.39, 0.29) is 30.0 Å². The van der Waals surface area contributed by atoms with Gasteiger partial charge in [0.05, 0.1) is 11.0 Å². The summed E-state index contributed by atoms with van der Waals surface area (Å²) in [6.07, 6.45) is -0.790. The molecule has 1 saturated heterocycles. The van der Waals surface area contributed by atoms with Gasteiger partial charge in [0.15, 0.2) is 0 Å². The van der Waals surface area contributed by atoms with E-state index >= 15 is 0 Å². The number of halogens is 2. The third-order valence-corrected chi connectivity index (χ3v) is 7.45. The maximum absolute atomic E-state index is 13.8. The number of carbonyl (C=O) groups excluding carboxylic acids is 1. The number of nitrogens with one attached hydrogen (secondary N) is 1. The summed E-state index contributed by atoms with van der Waals surface area (Å²) in [7, 11) is -4.20. The second kappa shape index (κ2) is 9.32. The van der Waals surface area contributed by atoms with Crippen molar-refractivity contribution in [3.8, 4) is 5.75 Å². The summed E-state index contributed by atoms with van der Waals surface area (Å²) in [5.41, 5.74) is 0.840. The molecule has 11 heteroatoms. The lowest BCUT2D eigenvalue weighted by molar-refractivity contribution is -0.140. The van der Waals surface area contributed by atoms with Gasteiger partial charge in [-0.2, -0.15) is 4.31 Å². The Kier molecular flexibility index (Phi) is 7.11. The molecule has 0 saturated carbocycles. The van der Waals surface area contributed by atoms with Crippen molar-refractivity contribution >= 4 is 27.5 Å². The maximum Gasteiger partial charge on any atom is 0.262 e. The van der Waals surface area contributed by atoms with Gasteiger partial charge >= 0.3 is 0 Å². The van der Waals surface area contributed by atoms with Crippen LogP contribution in [0.25, 0.3) is 0 Å². The summed E-state index contributed by atoms with van der Waals surface area (Å²) in [6.45, 7) is 2.88. The summed E-state index contributed by atoms with van der Waals surface area (Å²) in [5.74, 6) is -1.06. The van der Waals surface area contributed by atoms with Crippen LogP contribution in [0.5, 0.6) is 5.75 Å². The van der Waals surface area contributed by atoms with Crippen LogP contribution in [0, 0.1) is 11.2 Å². The Morgan fingerprint density at radius 1 is 1.28 bits per heavy atom. The summed E-state index contributed by atoms with van der Waals surface area (Å²) >= 11 is 5.86. The van der Waals surface area contributed by atoms with E-state index < -0.39 is 39.3 Å². The largest absolute Gasteiger partial charge is 0.489 e. The number of hydroxylamine groups is 1. The third kappa shape index (κ3) is 5.05. The van der Waals surface area contributed by atoms with Gasteiger partial charge in [-0.25, -0.2) is 18.3 Å². The van der Waals surface area contributed by atoms with Crippen molar-refractivity contribution in [2.45, 2.75) is 43.9 Å². The Hall–Kier alpha value is -2.24. The molecule has 8 nitrogen and oxygen atoms in total. The third-order valence-electron chi connectivity index (χ3n) is 5.37. The number of aliphatic hydroxyl groups excluding tert-OH is 1. The van der Waals surface area contributed by atoms with Crippen molar-refractivity contribution in [1.29, 1.82) is 0 Å². The Balaban J connectivity index is 1.83. The van der Waals surface area contributed by atoms with E-state index in [2.05, 4.69) is 0 Å². The number of nitrogens with zero attached hydrogens (tertiary/aromatic N) is 1. The lowest BCUT2D eigenvalue weighted by Crippen LogP contribution is -2.62. The van der Waals surface area contributed by atoms with Crippen molar-refractivity contribution in [3.63, 3.8) is 0 Å². The Labute approximate surface area is 190 Å². The minimum atomic E-state index is -4.20. The minimum absolute atomic E-state index is 0.107. The molecule has 1 heterocycles. The molecule has 1 fully saturated rings. The average Bonchev–Trinajstić information content (AvgIpc) is 2.73. The first kappa shape index (κ1) is 24.4. The molecule has 32 heavy (non-hydrogen) atoms. The van der Waals surface area contributed by atoms with E-state index in [0.29, 0.717) is 10.8 Å². The van der Waals surface area contributed by atoms with Crippen LogP contribution >= 0.6 is 11.6 Å². The smallest absolute Gasteiger partial charge is 0.262 e. The molecule has 0 aromatic heterocycles. The Morgan fingerprint density at radius 3 is 2.56 bits per heavy atom. The van der Waals surface area contributed by atoms with Crippen molar-refractivity contribution in [2.75, 3.05) is 6.54 Å². The average molecular weight is 487 g/mol. The number of sulfonamides is 1. The van der Waals surface area contributed by atoms with E-state index in [0.717, 1.165) is 4.31 Å². The highest BCUT2D eigenvalue weighted by Crippen LogP contribution is 2.38. The zero-order valence-corrected chi connectivity index (χ0v) is 19.0. The topological polar surface area (TPSA) is 116 Å². The second-order valence-electron chi connectivity index (χ2n) is 8.30. The van der Waals surface area contributed by atoms with Crippen molar-refractivity contribution in [3.05, 3.63) is 58.9 Å². The van der Waals surface area contributed by atoms with Gasteiger partial charge in [0, 0.05) is 17.1 Å². The molecule has 2 aromatic rings. The number of rotatable bonds is 6. The summed E-state index contributed by atoms with van der Waals surface area (Å²) in [5, 5.41) is 19.7. The highest BCUT2D eigenvalue weighted by molar-refractivity contribution is 7.89. The van der Waals surface area contributed by atoms with Crippen LogP contribution in [0.4, 0.5) is 4.39 Å². The van der Waals surface area contributed by atoms with Crippen LogP contribution in [0.1, 0.15) is 25.8 Å². The first-order chi connectivity index (χ1) is 15.0. The second-order valence-corrected chi connectivity index (χ2v) is 10.6. The fraction of sp³-hybridized carbons (Fsp3) is 0.381. The molecule has 1 aliphatic rings. The van der Waals surface area contributed by atoms with Crippen LogP contribution in [-0.2, 0) is 21.4 Å². The molecule has 2 atom stereocenters. The number of ether oxygens (including phenoxy) is 1. The first-order valence-electron chi connectivity index (χ1n) is 9.76. The zero-order chi connectivity index (χ0) is 23.7. The fourth-order valence-corrected chi connectivity index (χ4v) is 5.90. The van der Waals surface area contributed by atoms with Gasteiger partial charge in [-0.05, 0) is 54.3 Å². The van der Waals surface area contributed by atoms with Crippen molar-refractivity contribution in [2.24, 2.45) is 5.41 Å². The molecule has 0 spiro atoms. The van der Waals surface area contributed by atoms with Crippen LogP contribution in [-0.4, -0.2) is 47.6 Å². The molecule has 0 bridgehead atoms. The van der Waals surface area contributed by atoms with Gasteiger partial charge in [-0.3, -0.25) is 10.0 Å². The molecular weight excluding hydrogens is 463 g/mol. The normalized spacial score (nSPS) is 21.2. The minimum Gasteiger partial charge on any atom is -0.489 e. The first-order valence-corrected chi connectivity index (χ1v) is 11.6. The monoisotopic (exact) mass is 486 g/mol. The van der Waals surface area contributed by atoms with E-state index in [1.807, 2.05) is 0 Å². The van der Waals surface area contributed by atoms with Gasteiger partial charge in [0.1, 0.15) is 24.2 Å². The van der Waals surface area contributed by atoms with Gasteiger partial charge < -0.3 is 9.84 Å². The standard InChI is InChI=1S/C21H24ClFN2O6S/c1-21(2)10-15(26)11-25(19(21)20(27)24-28)32(29,30)17-6-4-16(5-7-17)31-12-13-9-14(22)3-8-18(13)23/h3-9,15,19,26,28H,10-12H2,1-2H3,(H,24,27). The number of hydrogen-bond donors (Lipinski definition) is 3. The molecule has 0 aliphatic carbocycles. The number of aliphatic hydroxyl groups is 1. The number of hydrogen-bond acceptors (Lipinski definition) is 6. The summed E-state index contributed by atoms with van der Waals surface area (Å²) in [6, 6.07) is 8.26. The van der Waals surface area contributed by atoms with Gasteiger partial charge in [-0.1, -0.05) is 25.4 Å². The molecular formula is C21H24ClFN2O6S. The molecule has 174 valence electrons. The number of piperidine rings is 1. The Bertz CT molecular complexity index is 1090. The van der Waals surface area contributed by atoms with E-state index in [1.165, 1.54) is 47.9 Å². The molecule has 1 aliphatic heterocycles. The molecule has 0 radical (unpaired) electrons. The van der Waals surface area contributed by atoms with E-state index in [9.17, 15) is 22.7 Å². The molecule has 2 aromatic carbocycles.